The van der Waals surface area contributed by atoms with Crippen LogP contribution in [0.5, 0.6) is 0 Å². The monoisotopic (exact) mass is 268 g/mol. The Labute approximate surface area is 117 Å². The number of nitrogens with zero attached hydrogens (tertiary/aromatic N) is 1. The standard InChI is InChI=1S/C16H16N2O2/c1-11-4-7-15(14-3-2-8-17-16(11)14)18-9-12-5-6-13(10-19)20-12/h2-8,18-19H,9-10H2,1H3. The summed E-state index contributed by atoms with van der Waals surface area (Å²) >= 11 is 0. The van der Waals surface area contributed by atoms with Crippen LogP contribution >= 0.6 is 0 Å². The number of aryl methyl sites for hydroxylation is 1. The maximum absolute atomic E-state index is 8.99. The summed E-state index contributed by atoms with van der Waals surface area (Å²) in [6.45, 7) is 2.56. The van der Waals surface area contributed by atoms with Crippen LogP contribution in [0.4, 0.5) is 5.69 Å². The molecular weight excluding hydrogens is 252 g/mol. The number of hydrogen-bond donors (Lipinski definition) is 2. The van der Waals surface area contributed by atoms with Crippen molar-refractivity contribution in [1.29, 1.82) is 0 Å². The molecule has 0 bridgehead atoms. The molecule has 20 heavy (non-hydrogen) atoms. The smallest absolute Gasteiger partial charge is 0.129 e. The van der Waals surface area contributed by atoms with Crippen molar-refractivity contribution in [3.63, 3.8) is 0 Å². The fraction of sp³-hybridized carbons (Fsp3) is 0.188. The van der Waals surface area contributed by atoms with E-state index in [1.165, 1.54) is 0 Å². The number of pyridine rings is 1. The molecule has 0 unspecified atom stereocenters. The van der Waals surface area contributed by atoms with Crippen molar-refractivity contribution in [2.45, 2.75) is 20.1 Å². The largest absolute Gasteiger partial charge is 0.462 e. The van der Waals surface area contributed by atoms with Crippen LogP contribution in [0.2, 0.25) is 0 Å². The van der Waals surface area contributed by atoms with E-state index >= 15 is 0 Å². The number of furan rings is 1. The number of rotatable bonds is 4. The van der Waals surface area contributed by atoms with Gasteiger partial charge in [-0.3, -0.25) is 4.98 Å². The van der Waals surface area contributed by atoms with Crippen molar-refractivity contribution in [3.8, 4) is 0 Å². The minimum Gasteiger partial charge on any atom is -0.462 e. The average molecular weight is 268 g/mol. The third-order valence-corrected chi connectivity index (χ3v) is 3.30. The highest BCUT2D eigenvalue weighted by molar-refractivity contribution is 5.93. The maximum atomic E-state index is 8.99. The lowest BCUT2D eigenvalue weighted by Gasteiger charge is -2.09. The Morgan fingerprint density at radius 3 is 2.80 bits per heavy atom. The van der Waals surface area contributed by atoms with Crippen LogP contribution in [0.1, 0.15) is 17.1 Å². The molecule has 4 heteroatoms. The third kappa shape index (κ3) is 2.38. The number of nitrogens with one attached hydrogen (secondary N) is 1. The average Bonchev–Trinajstić information content (AvgIpc) is 2.95. The predicted octanol–water partition coefficient (Wildman–Crippen LogP) is 3.24. The molecule has 0 aliphatic carbocycles. The lowest BCUT2D eigenvalue weighted by Crippen LogP contribution is -1.99. The minimum absolute atomic E-state index is 0.0720. The first-order chi connectivity index (χ1) is 9.78. The molecule has 3 aromatic rings. The fourth-order valence-corrected chi connectivity index (χ4v) is 2.25. The van der Waals surface area contributed by atoms with Crippen LogP contribution in [0, 0.1) is 6.92 Å². The van der Waals surface area contributed by atoms with Crippen molar-refractivity contribution < 1.29 is 9.52 Å². The number of aliphatic hydroxyl groups excluding tert-OH is 1. The summed E-state index contributed by atoms with van der Waals surface area (Å²) in [5, 5.41) is 13.4. The fourth-order valence-electron chi connectivity index (χ4n) is 2.25. The number of fused-ring (bicyclic) bond motifs is 1. The molecule has 102 valence electrons. The van der Waals surface area contributed by atoms with E-state index in [1.54, 1.807) is 12.3 Å². The molecular formula is C16H16N2O2. The molecule has 0 aliphatic heterocycles. The summed E-state index contributed by atoms with van der Waals surface area (Å²) in [7, 11) is 0. The van der Waals surface area contributed by atoms with Crippen LogP contribution in [-0.2, 0) is 13.2 Å². The van der Waals surface area contributed by atoms with Crippen LogP contribution < -0.4 is 5.32 Å². The predicted molar refractivity (Wildman–Crippen MR) is 78.4 cm³/mol. The minimum atomic E-state index is -0.0720. The van der Waals surface area contributed by atoms with Gasteiger partial charge >= 0.3 is 0 Å². The van der Waals surface area contributed by atoms with E-state index in [2.05, 4.69) is 35.4 Å². The summed E-state index contributed by atoms with van der Waals surface area (Å²) in [6, 6.07) is 11.7. The quantitative estimate of drug-likeness (QED) is 0.762. The lowest BCUT2D eigenvalue weighted by molar-refractivity contribution is 0.244. The first kappa shape index (κ1) is 12.7. The highest BCUT2D eigenvalue weighted by Gasteiger charge is 2.05. The maximum Gasteiger partial charge on any atom is 0.129 e. The molecule has 3 rings (SSSR count). The van der Waals surface area contributed by atoms with Crippen LogP contribution in [0.3, 0.4) is 0 Å². The van der Waals surface area contributed by atoms with Gasteiger partial charge in [0.1, 0.15) is 18.1 Å². The first-order valence-electron chi connectivity index (χ1n) is 6.54. The molecule has 2 aromatic heterocycles. The molecule has 0 radical (unpaired) electrons. The number of anilines is 1. The Hall–Kier alpha value is -2.33. The molecule has 0 fully saturated rings. The van der Waals surface area contributed by atoms with E-state index in [4.69, 9.17) is 9.52 Å². The van der Waals surface area contributed by atoms with Crippen LogP contribution in [0.15, 0.2) is 47.0 Å². The van der Waals surface area contributed by atoms with Gasteiger partial charge in [0, 0.05) is 17.3 Å². The molecule has 0 amide bonds. The van der Waals surface area contributed by atoms with Crippen molar-refractivity contribution in [2.75, 3.05) is 5.32 Å². The van der Waals surface area contributed by atoms with Gasteiger partial charge in [0.25, 0.3) is 0 Å². The number of hydrogen-bond acceptors (Lipinski definition) is 4. The second kappa shape index (κ2) is 5.35. The van der Waals surface area contributed by atoms with Gasteiger partial charge in [-0.05, 0) is 42.8 Å². The summed E-state index contributed by atoms with van der Waals surface area (Å²) in [6.07, 6.45) is 1.80. The lowest BCUT2D eigenvalue weighted by atomic mass is 10.1. The molecule has 0 saturated carbocycles. The second-order valence-corrected chi connectivity index (χ2v) is 4.71. The highest BCUT2D eigenvalue weighted by Crippen LogP contribution is 2.25. The molecule has 4 nitrogen and oxygen atoms in total. The zero-order valence-corrected chi connectivity index (χ0v) is 11.3. The van der Waals surface area contributed by atoms with Gasteiger partial charge in [-0.1, -0.05) is 6.07 Å². The summed E-state index contributed by atoms with van der Waals surface area (Å²) < 4.78 is 5.46. The van der Waals surface area contributed by atoms with Gasteiger partial charge in [0.15, 0.2) is 0 Å². The van der Waals surface area contributed by atoms with Crippen LogP contribution in [0.25, 0.3) is 10.9 Å². The first-order valence-corrected chi connectivity index (χ1v) is 6.54. The summed E-state index contributed by atoms with van der Waals surface area (Å²) in [5.41, 5.74) is 3.19. The van der Waals surface area contributed by atoms with Crippen molar-refractivity contribution in [2.24, 2.45) is 0 Å². The van der Waals surface area contributed by atoms with Gasteiger partial charge in [-0.2, -0.15) is 0 Å². The Balaban J connectivity index is 1.86. The Morgan fingerprint density at radius 1 is 1.15 bits per heavy atom. The van der Waals surface area contributed by atoms with E-state index in [-0.39, 0.29) is 6.61 Å². The summed E-state index contributed by atoms with van der Waals surface area (Å²) in [4.78, 5) is 4.42. The van der Waals surface area contributed by atoms with E-state index in [0.717, 1.165) is 27.9 Å². The second-order valence-electron chi connectivity index (χ2n) is 4.71. The topological polar surface area (TPSA) is 58.3 Å². The molecule has 0 aliphatic rings. The zero-order chi connectivity index (χ0) is 13.9. The van der Waals surface area contributed by atoms with E-state index in [9.17, 15) is 0 Å². The third-order valence-electron chi connectivity index (χ3n) is 3.30. The van der Waals surface area contributed by atoms with Gasteiger partial charge in [0.05, 0.1) is 12.1 Å². The Bertz CT molecular complexity index is 734. The normalized spacial score (nSPS) is 10.9. The SMILES string of the molecule is Cc1ccc(NCc2ccc(CO)o2)c2cccnc12. The Morgan fingerprint density at radius 2 is 2.00 bits per heavy atom. The van der Waals surface area contributed by atoms with Gasteiger partial charge in [-0.25, -0.2) is 0 Å². The Kier molecular flexibility index (Phi) is 3.39. The number of aliphatic hydroxyl groups is 1. The van der Waals surface area contributed by atoms with E-state index < -0.39 is 0 Å². The highest BCUT2D eigenvalue weighted by atomic mass is 16.4. The number of aromatic nitrogens is 1. The van der Waals surface area contributed by atoms with Gasteiger partial charge < -0.3 is 14.8 Å². The number of benzene rings is 1. The van der Waals surface area contributed by atoms with Crippen molar-refractivity contribution in [1.82, 2.24) is 4.98 Å². The molecule has 0 saturated heterocycles. The summed E-state index contributed by atoms with van der Waals surface area (Å²) in [5.74, 6) is 1.38. The van der Waals surface area contributed by atoms with Gasteiger partial charge in [0.2, 0.25) is 0 Å². The molecule has 1 aromatic carbocycles. The van der Waals surface area contributed by atoms with E-state index in [1.807, 2.05) is 12.1 Å². The molecule has 0 spiro atoms. The zero-order valence-electron chi connectivity index (χ0n) is 11.3. The molecule has 0 atom stereocenters. The van der Waals surface area contributed by atoms with E-state index in [0.29, 0.717) is 12.3 Å². The molecule has 2 heterocycles. The van der Waals surface area contributed by atoms with Crippen LogP contribution in [-0.4, -0.2) is 10.1 Å². The van der Waals surface area contributed by atoms with Crippen molar-refractivity contribution >= 4 is 16.6 Å². The van der Waals surface area contributed by atoms with Gasteiger partial charge in [-0.15, -0.1) is 0 Å². The molecule has 2 N–H and O–H groups in total. The van der Waals surface area contributed by atoms with Crippen molar-refractivity contribution in [3.05, 3.63) is 59.7 Å².